The molecule has 11 heteroatoms. The molecule has 1 amide bonds. The van der Waals surface area contributed by atoms with Crippen molar-refractivity contribution in [3.63, 3.8) is 0 Å². The van der Waals surface area contributed by atoms with Crippen LogP contribution < -0.4 is 10.9 Å². The molecule has 0 aliphatic carbocycles. The van der Waals surface area contributed by atoms with E-state index in [0.29, 0.717) is 6.07 Å². The normalized spacial score (nSPS) is 10.8. The number of amides is 1. The summed E-state index contributed by atoms with van der Waals surface area (Å²) in [4.78, 5) is 38.9. The molecule has 2 aromatic carbocycles. The first kappa shape index (κ1) is 18.7. The van der Waals surface area contributed by atoms with Crippen molar-refractivity contribution in [1.82, 2.24) is 9.55 Å². The highest BCUT2D eigenvalue weighted by molar-refractivity contribution is 6.38. The summed E-state index contributed by atoms with van der Waals surface area (Å²) < 4.78 is 14.2. The third kappa shape index (κ3) is 3.88. The number of anilines is 1. The third-order valence-electron chi connectivity index (χ3n) is 3.59. The van der Waals surface area contributed by atoms with Crippen molar-refractivity contribution in [2.75, 3.05) is 5.32 Å². The fourth-order valence-electron chi connectivity index (χ4n) is 2.41. The minimum atomic E-state index is -0.827. The van der Waals surface area contributed by atoms with Gasteiger partial charge >= 0.3 is 0 Å². The predicted molar refractivity (Wildman–Crippen MR) is 97.7 cm³/mol. The third-order valence-corrected chi connectivity index (χ3v) is 4.10. The molecule has 3 aromatic rings. The van der Waals surface area contributed by atoms with Gasteiger partial charge in [-0.15, -0.1) is 0 Å². The first-order valence-electron chi connectivity index (χ1n) is 7.34. The fraction of sp³-hybridized carbons (Fsp3) is 0.0625. The van der Waals surface area contributed by atoms with Gasteiger partial charge in [0.25, 0.3) is 11.2 Å². The number of nitrogens with one attached hydrogen (secondary N) is 1. The van der Waals surface area contributed by atoms with Crippen LogP contribution in [0.1, 0.15) is 0 Å². The van der Waals surface area contributed by atoms with Gasteiger partial charge in [0.15, 0.2) is 0 Å². The van der Waals surface area contributed by atoms with E-state index in [4.69, 9.17) is 23.2 Å². The molecule has 0 aliphatic rings. The smallest absolute Gasteiger partial charge is 0.295 e. The largest absolute Gasteiger partial charge is 0.319 e. The van der Waals surface area contributed by atoms with Crippen molar-refractivity contribution in [3.05, 3.63) is 73.0 Å². The van der Waals surface area contributed by atoms with E-state index in [0.717, 1.165) is 23.0 Å². The Hall–Kier alpha value is -3.04. The molecule has 1 heterocycles. The molecule has 0 bridgehead atoms. The van der Waals surface area contributed by atoms with Gasteiger partial charge in [0.05, 0.1) is 33.2 Å². The Morgan fingerprint density at radius 1 is 1.30 bits per heavy atom. The van der Waals surface area contributed by atoms with Crippen LogP contribution in [0.2, 0.25) is 10.0 Å². The average molecular weight is 411 g/mol. The van der Waals surface area contributed by atoms with Gasteiger partial charge in [-0.25, -0.2) is 9.37 Å². The minimum Gasteiger partial charge on any atom is -0.319 e. The van der Waals surface area contributed by atoms with Crippen molar-refractivity contribution in [2.45, 2.75) is 6.54 Å². The lowest BCUT2D eigenvalue weighted by molar-refractivity contribution is -0.384. The molecular formula is C16H9Cl2FN4O4. The predicted octanol–water partition coefficient (Wildman–Crippen LogP) is 3.39. The molecule has 0 fully saturated rings. The Balaban J connectivity index is 1.90. The van der Waals surface area contributed by atoms with E-state index in [1.165, 1.54) is 12.1 Å². The summed E-state index contributed by atoms with van der Waals surface area (Å²) in [6.45, 7) is -0.472. The molecule has 27 heavy (non-hydrogen) atoms. The zero-order valence-electron chi connectivity index (χ0n) is 13.3. The van der Waals surface area contributed by atoms with E-state index in [-0.39, 0.29) is 26.6 Å². The highest BCUT2D eigenvalue weighted by Gasteiger charge is 2.18. The van der Waals surface area contributed by atoms with Crippen molar-refractivity contribution >= 4 is 51.4 Å². The summed E-state index contributed by atoms with van der Waals surface area (Å²) in [6, 6.07) is 5.52. The number of nitrogens with zero attached hydrogens (tertiary/aromatic N) is 3. The summed E-state index contributed by atoms with van der Waals surface area (Å²) >= 11 is 11.9. The molecule has 138 valence electrons. The molecule has 0 aliphatic heterocycles. The van der Waals surface area contributed by atoms with Crippen LogP contribution in [0.5, 0.6) is 0 Å². The second-order valence-electron chi connectivity index (χ2n) is 5.43. The summed E-state index contributed by atoms with van der Waals surface area (Å²) in [6.07, 6.45) is 1.13. The zero-order valence-corrected chi connectivity index (χ0v) is 14.8. The van der Waals surface area contributed by atoms with Crippen LogP contribution in [0.15, 0.2) is 41.5 Å². The van der Waals surface area contributed by atoms with Crippen LogP contribution in [0.4, 0.5) is 15.8 Å². The quantitative estimate of drug-likeness (QED) is 0.523. The molecule has 0 saturated heterocycles. The van der Waals surface area contributed by atoms with Crippen molar-refractivity contribution in [2.24, 2.45) is 0 Å². The minimum absolute atomic E-state index is 0.121. The molecule has 0 spiro atoms. The number of fused-ring (bicyclic) bond motifs is 1. The number of hydrogen-bond acceptors (Lipinski definition) is 5. The Morgan fingerprint density at radius 3 is 2.74 bits per heavy atom. The number of benzene rings is 2. The number of carbonyl (C=O) groups excluding carboxylic acids is 1. The first-order chi connectivity index (χ1) is 12.8. The summed E-state index contributed by atoms with van der Waals surface area (Å²) in [5.74, 6) is -1.55. The number of nitro groups is 1. The van der Waals surface area contributed by atoms with E-state index in [2.05, 4.69) is 10.3 Å². The molecule has 1 aromatic heterocycles. The van der Waals surface area contributed by atoms with Crippen LogP contribution in [0.25, 0.3) is 10.9 Å². The SMILES string of the molecule is O=C(Cn1cnc2c(Cl)cc(Cl)cc2c1=O)Nc1ccc(F)cc1[N+](=O)[O-]. The van der Waals surface area contributed by atoms with Gasteiger partial charge in [0.1, 0.15) is 18.0 Å². The van der Waals surface area contributed by atoms with E-state index in [9.17, 15) is 24.1 Å². The summed E-state index contributed by atoms with van der Waals surface area (Å²) in [5.41, 5.74) is -1.13. The second-order valence-corrected chi connectivity index (χ2v) is 6.27. The number of carbonyl (C=O) groups is 1. The van der Waals surface area contributed by atoms with Crippen LogP contribution in [-0.2, 0) is 11.3 Å². The van der Waals surface area contributed by atoms with Gasteiger partial charge in [-0.3, -0.25) is 24.3 Å². The van der Waals surface area contributed by atoms with E-state index in [1.54, 1.807) is 0 Å². The molecule has 0 atom stereocenters. The molecule has 0 saturated carbocycles. The van der Waals surface area contributed by atoms with Crippen molar-refractivity contribution < 1.29 is 14.1 Å². The topological polar surface area (TPSA) is 107 Å². The Labute approximate surface area is 160 Å². The zero-order chi connectivity index (χ0) is 19.7. The maximum absolute atomic E-state index is 13.2. The fourth-order valence-corrected chi connectivity index (χ4v) is 2.96. The highest BCUT2D eigenvalue weighted by Crippen LogP contribution is 2.25. The number of rotatable bonds is 4. The monoisotopic (exact) mass is 410 g/mol. The maximum atomic E-state index is 13.2. The lowest BCUT2D eigenvalue weighted by Crippen LogP contribution is -2.28. The van der Waals surface area contributed by atoms with Crippen LogP contribution in [0, 0.1) is 15.9 Å². The number of hydrogen-bond donors (Lipinski definition) is 1. The van der Waals surface area contributed by atoms with Gasteiger partial charge in [-0.1, -0.05) is 23.2 Å². The van der Waals surface area contributed by atoms with Gasteiger partial charge in [-0.2, -0.15) is 0 Å². The lowest BCUT2D eigenvalue weighted by atomic mass is 10.2. The van der Waals surface area contributed by atoms with Gasteiger partial charge < -0.3 is 5.32 Å². The Morgan fingerprint density at radius 2 is 2.04 bits per heavy atom. The first-order valence-corrected chi connectivity index (χ1v) is 8.10. The van der Waals surface area contributed by atoms with Crippen molar-refractivity contribution in [1.29, 1.82) is 0 Å². The van der Waals surface area contributed by atoms with E-state index in [1.807, 2.05) is 0 Å². The lowest BCUT2D eigenvalue weighted by Gasteiger charge is -2.09. The Kier molecular flexibility index (Phi) is 5.06. The van der Waals surface area contributed by atoms with E-state index < -0.39 is 34.4 Å². The standard InChI is InChI=1S/C16H9Cl2FN4O4/c17-8-3-10-15(11(18)4-8)20-7-22(16(10)25)6-14(24)21-12-2-1-9(19)5-13(12)23(26)27/h1-5,7H,6H2,(H,21,24). The van der Waals surface area contributed by atoms with Gasteiger partial charge in [0, 0.05) is 5.02 Å². The van der Waals surface area contributed by atoms with Crippen LogP contribution >= 0.6 is 23.2 Å². The number of nitro benzene ring substituents is 1. The van der Waals surface area contributed by atoms with Crippen LogP contribution in [-0.4, -0.2) is 20.4 Å². The molecule has 1 N–H and O–H groups in total. The molecule has 0 radical (unpaired) electrons. The molecule has 8 nitrogen and oxygen atoms in total. The molecule has 0 unspecified atom stereocenters. The summed E-state index contributed by atoms with van der Waals surface area (Å²) in [5, 5.41) is 13.8. The maximum Gasteiger partial charge on any atom is 0.295 e. The molecular weight excluding hydrogens is 402 g/mol. The van der Waals surface area contributed by atoms with Crippen molar-refractivity contribution in [3.8, 4) is 0 Å². The second kappa shape index (κ2) is 7.29. The number of halogens is 3. The summed E-state index contributed by atoms with van der Waals surface area (Å²) in [7, 11) is 0. The Bertz CT molecular complexity index is 1150. The van der Waals surface area contributed by atoms with Gasteiger partial charge in [0.2, 0.25) is 5.91 Å². The number of aromatic nitrogens is 2. The molecule has 3 rings (SSSR count). The highest BCUT2D eigenvalue weighted by atomic mass is 35.5. The van der Waals surface area contributed by atoms with Gasteiger partial charge in [-0.05, 0) is 24.3 Å². The van der Waals surface area contributed by atoms with E-state index >= 15 is 0 Å². The van der Waals surface area contributed by atoms with Crippen LogP contribution in [0.3, 0.4) is 0 Å². The average Bonchev–Trinajstić information content (AvgIpc) is 2.59.